The zero-order valence-corrected chi connectivity index (χ0v) is 11.6. The van der Waals surface area contributed by atoms with Crippen LogP contribution >= 0.6 is 0 Å². The minimum atomic E-state index is -0.667. The summed E-state index contributed by atoms with van der Waals surface area (Å²) in [6.07, 6.45) is 3.65. The van der Waals surface area contributed by atoms with E-state index in [4.69, 9.17) is 0 Å². The number of rotatable bonds is 7. The Balaban J connectivity index is 2.66. The molecule has 1 aromatic rings. The molecule has 2 heteroatoms. The smallest absolute Gasteiger partial charge is 0.306 e. The van der Waals surface area contributed by atoms with Gasteiger partial charge < -0.3 is 5.11 Å². The summed E-state index contributed by atoms with van der Waals surface area (Å²) in [7, 11) is 0. The number of aliphatic carboxylic acids is 1. The topological polar surface area (TPSA) is 37.3 Å². The summed E-state index contributed by atoms with van der Waals surface area (Å²) in [5.41, 5.74) is 2.32. The van der Waals surface area contributed by atoms with E-state index in [2.05, 4.69) is 19.9 Å². The van der Waals surface area contributed by atoms with E-state index >= 15 is 0 Å². The Kier molecular flexibility index (Phi) is 5.90. The first kappa shape index (κ1) is 14.7. The summed E-state index contributed by atoms with van der Waals surface area (Å²) >= 11 is 0. The van der Waals surface area contributed by atoms with Crippen LogP contribution in [-0.2, 0) is 11.2 Å². The lowest BCUT2D eigenvalue weighted by Gasteiger charge is -2.17. The van der Waals surface area contributed by atoms with Crippen LogP contribution in [0.2, 0.25) is 0 Å². The van der Waals surface area contributed by atoms with E-state index < -0.39 is 5.97 Å². The number of carboxylic acids is 1. The summed E-state index contributed by atoms with van der Waals surface area (Å²) in [6.45, 7) is 6.33. The van der Waals surface area contributed by atoms with Gasteiger partial charge in [0, 0.05) is 0 Å². The van der Waals surface area contributed by atoms with Crippen molar-refractivity contribution in [1.29, 1.82) is 0 Å². The van der Waals surface area contributed by atoms with Gasteiger partial charge in [0.25, 0.3) is 0 Å². The van der Waals surface area contributed by atoms with Gasteiger partial charge in [-0.2, -0.15) is 0 Å². The Morgan fingerprint density at radius 3 is 2.67 bits per heavy atom. The van der Waals surface area contributed by atoms with Crippen LogP contribution in [0.4, 0.5) is 0 Å². The number of hydrogen-bond acceptors (Lipinski definition) is 1. The first-order valence-electron chi connectivity index (χ1n) is 6.81. The molecule has 0 fully saturated rings. The Morgan fingerprint density at radius 1 is 1.39 bits per heavy atom. The van der Waals surface area contributed by atoms with Crippen molar-refractivity contribution in [3.8, 4) is 0 Å². The molecule has 100 valence electrons. The molecule has 2 nitrogen and oxygen atoms in total. The molecule has 0 spiro atoms. The van der Waals surface area contributed by atoms with E-state index in [0.29, 0.717) is 12.3 Å². The van der Waals surface area contributed by atoms with Crippen molar-refractivity contribution >= 4 is 5.97 Å². The zero-order chi connectivity index (χ0) is 13.5. The fourth-order valence-electron chi connectivity index (χ4n) is 2.49. The van der Waals surface area contributed by atoms with Crippen LogP contribution < -0.4 is 0 Å². The van der Waals surface area contributed by atoms with E-state index in [9.17, 15) is 9.90 Å². The van der Waals surface area contributed by atoms with Crippen molar-refractivity contribution in [2.24, 2.45) is 11.8 Å². The van der Waals surface area contributed by atoms with Gasteiger partial charge in [0.15, 0.2) is 0 Å². The maximum absolute atomic E-state index is 11.3. The highest BCUT2D eigenvalue weighted by atomic mass is 16.4. The molecule has 0 aliphatic rings. The van der Waals surface area contributed by atoms with Crippen LogP contribution in [0.15, 0.2) is 24.3 Å². The molecule has 2 unspecified atom stereocenters. The third-order valence-corrected chi connectivity index (χ3v) is 3.38. The summed E-state index contributed by atoms with van der Waals surface area (Å²) in [4.78, 5) is 11.3. The summed E-state index contributed by atoms with van der Waals surface area (Å²) in [6, 6.07) is 8.14. The van der Waals surface area contributed by atoms with E-state index in [-0.39, 0.29) is 5.92 Å². The summed E-state index contributed by atoms with van der Waals surface area (Å²) < 4.78 is 0. The van der Waals surface area contributed by atoms with Gasteiger partial charge in [-0.05, 0) is 31.2 Å². The molecule has 0 aliphatic carbocycles. The minimum absolute atomic E-state index is 0.256. The molecule has 0 aromatic heterocycles. The molecule has 1 aromatic carbocycles. The second-order valence-electron chi connectivity index (χ2n) is 5.36. The lowest BCUT2D eigenvalue weighted by Crippen LogP contribution is -2.19. The Morgan fingerprint density at radius 2 is 2.11 bits per heavy atom. The molecular formula is C16H24O2. The predicted octanol–water partition coefficient (Wildman–Crippen LogP) is 4.06. The number of carbonyl (C=O) groups is 1. The van der Waals surface area contributed by atoms with Crippen molar-refractivity contribution in [2.75, 3.05) is 0 Å². The zero-order valence-electron chi connectivity index (χ0n) is 11.6. The van der Waals surface area contributed by atoms with E-state index in [0.717, 1.165) is 24.8 Å². The van der Waals surface area contributed by atoms with Gasteiger partial charge in [-0.15, -0.1) is 0 Å². The lowest BCUT2D eigenvalue weighted by atomic mass is 9.88. The number of hydrogen-bond donors (Lipinski definition) is 1. The maximum atomic E-state index is 11.3. The van der Waals surface area contributed by atoms with E-state index in [1.165, 1.54) is 5.56 Å². The fourth-order valence-corrected chi connectivity index (χ4v) is 2.49. The van der Waals surface area contributed by atoms with Crippen LogP contribution in [0.1, 0.15) is 44.2 Å². The SMILES string of the molecule is CCCC(C)CC(Cc1cccc(C)c1)C(=O)O. The average Bonchev–Trinajstić information content (AvgIpc) is 2.28. The third-order valence-electron chi connectivity index (χ3n) is 3.38. The Hall–Kier alpha value is -1.31. The van der Waals surface area contributed by atoms with E-state index in [1.54, 1.807) is 0 Å². The average molecular weight is 248 g/mol. The summed E-state index contributed by atoms with van der Waals surface area (Å²) in [5.74, 6) is -0.436. The Labute approximate surface area is 110 Å². The van der Waals surface area contributed by atoms with Gasteiger partial charge in [-0.1, -0.05) is 56.5 Å². The second-order valence-corrected chi connectivity index (χ2v) is 5.36. The molecular weight excluding hydrogens is 224 g/mol. The monoisotopic (exact) mass is 248 g/mol. The molecule has 1 N–H and O–H groups in total. The van der Waals surface area contributed by atoms with Crippen LogP contribution in [0.25, 0.3) is 0 Å². The highest BCUT2D eigenvalue weighted by Crippen LogP contribution is 2.21. The van der Waals surface area contributed by atoms with Crippen molar-refractivity contribution in [3.05, 3.63) is 35.4 Å². The molecule has 0 bridgehead atoms. The molecule has 0 saturated heterocycles. The van der Waals surface area contributed by atoms with Crippen molar-refractivity contribution in [1.82, 2.24) is 0 Å². The predicted molar refractivity (Wildman–Crippen MR) is 74.7 cm³/mol. The van der Waals surface area contributed by atoms with Gasteiger partial charge in [0.1, 0.15) is 0 Å². The van der Waals surface area contributed by atoms with E-state index in [1.807, 2.05) is 25.1 Å². The first-order chi connectivity index (χ1) is 8.52. The lowest BCUT2D eigenvalue weighted by molar-refractivity contribution is -0.142. The largest absolute Gasteiger partial charge is 0.481 e. The molecule has 0 radical (unpaired) electrons. The van der Waals surface area contributed by atoms with Crippen molar-refractivity contribution in [3.63, 3.8) is 0 Å². The third kappa shape index (κ3) is 4.91. The highest BCUT2D eigenvalue weighted by molar-refractivity contribution is 5.70. The minimum Gasteiger partial charge on any atom is -0.481 e. The fraction of sp³-hybridized carbons (Fsp3) is 0.562. The van der Waals surface area contributed by atoms with Gasteiger partial charge >= 0.3 is 5.97 Å². The highest BCUT2D eigenvalue weighted by Gasteiger charge is 2.20. The molecule has 2 atom stereocenters. The van der Waals surface area contributed by atoms with Crippen LogP contribution in [0, 0.1) is 18.8 Å². The van der Waals surface area contributed by atoms with Crippen LogP contribution in [0.3, 0.4) is 0 Å². The first-order valence-corrected chi connectivity index (χ1v) is 6.81. The molecule has 0 saturated carbocycles. The van der Waals surface area contributed by atoms with Gasteiger partial charge in [0.05, 0.1) is 5.92 Å². The van der Waals surface area contributed by atoms with Gasteiger partial charge in [-0.3, -0.25) is 4.79 Å². The van der Waals surface area contributed by atoms with Gasteiger partial charge in [-0.25, -0.2) is 0 Å². The van der Waals surface area contributed by atoms with Crippen molar-refractivity contribution in [2.45, 2.75) is 46.5 Å². The molecule has 0 aliphatic heterocycles. The Bertz CT molecular complexity index is 384. The maximum Gasteiger partial charge on any atom is 0.306 e. The van der Waals surface area contributed by atoms with Crippen LogP contribution in [0.5, 0.6) is 0 Å². The summed E-state index contributed by atoms with van der Waals surface area (Å²) in [5, 5.41) is 9.32. The standard InChI is InChI=1S/C16H24O2/c1-4-6-12(2)10-15(16(17)18)11-14-8-5-7-13(3)9-14/h5,7-9,12,15H,4,6,10-11H2,1-3H3,(H,17,18). The number of carboxylic acid groups (broad SMARTS) is 1. The van der Waals surface area contributed by atoms with Crippen molar-refractivity contribution < 1.29 is 9.90 Å². The number of benzene rings is 1. The number of aryl methyl sites for hydroxylation is 1. The second kappa shape index (κ2) is 7.20. The normalized spacial score (nSPS) is 14.2. The molecule has 0 heterocycles. The van der Waals surface area contributed by atoms with Gasteiger partial charge in [0.2, 0.25) is 0 Å². The molecule has 1 rings (SSSR count). The molecule has 18 heavy (non-hydrogen) atoms. The quantitative estimate of drug-likeness (QED) is 0.790. The van der Waals surface area contributed by atoms with Crippen LogP contribution in [-0.4, -0.2) is 11.1 Å². The molecule has 0 amide bonds.